The van der Waals surface area contributed by atoms with Gasteiger partial charge in [0.1, 0.15) is 0 Å². The van der Waals surface area contributed by atoms with Gasteiger partial charge in [-0.2, -0.15) is 0 Å². The maximum atomic E-state index is 1.62. The molecule has 0 heteroatoms. The quantitative estimate of drug-likeness (QED) is 0.598. The van der Waals surface area contributed by atoms with Crippen molar-refractivity contribution in [1.29, 1.82) is 0 Å². The van der Waals surface area contributed by atoms with E-state index in [0.717, 1.165) is 17.3 Å². The monoisotopic (exact) mass is 246 g/mol. The van der Waals surface area contributed by atoms with Gasteiger partial charge in [0.05, 0.1) is 0 Å². The number of hydrogen-bond acceptors (Lipinski definition) is 0. The summed E-state index contributed by atoms with van der Waals surface area (Å²) in [5.74, 6) is 4.64. The molecule has 0 bridgehead atoms. The lowest BCUT2D eigenvalue weighted by molar-refractivity contribution is -0.0435. The predicted octanol–water partition coefficient (Wildman–Crippen LogP) is 5.56. The molecule has 0 heterocycles. The summed E-state index contributed by atoms with van der Waals surface area (Å²) in [4.78, 5) is 0. The van der Waals surface area contributed by atoms with E-state index in [4.69, 9.17) is 0 Å². The fourth-order valence-electron chi connectivity index (χ4n) is 6.61. The molecule has 4 fully saturated rings. The van der Waals surface area contributed by atoms with E-state index in [1.165, 1.54) is 11.8 Å². The first kappa shape index (κ1) is 11.8. The van der Waals surface area contributed by atoms with Crippen LogP contribution in [0.1, 0.15) is 83.5 Å². The van der Waals surface area contributed by atoms with Gasteiger partial charge in [0.15, 0.2) is 0 Å². The molecule has 0 saturated heterocycles. The minimum atomic E-state index is 0.868. The Bertz CT molecular complexity index is 295. The summed E-state index contributed by atoms with van der Waals surface area (Å²) in [6.07, 6.45) is 20.6. The topological polar surface area (TPSA) is 0 Å². The fourth-order valence-corrected chi connectivity index (χ4v) is 6.61. The van der Waals surface area contributed by atoms with E-state index in [-0.39, 0.29) is 0 Å². The van der Waals surface area contributed by atoms with Crippen molar-refractivity contribution < 1.29 is 0 Å². The maximum absolute atomic E-state index is 1.62. The third-order valence-corrected chi connectivity index (χ3v) is 7.52. The van der Waals surface area contributed by atoms with Crippen molar-refractivity contribution in [1.82, 2.24) is 0 Å². The Hall–Kier alpha value is 0. The first-order chi connectivity index (χ1) is 8.90. The SMILES string of the molecule is C1CCC2C(C1)CCC2C1(C2CCCC2)CCC1. The second kappa shape index (κ2) is 4.53. The molecular weight excluding hydrogens is 216 g/mol. The summed E-state index contributed by atoms with van der Waals surface area (Å²) in [6, 6.07) is 0. The molecule has 4 rings (SSSR count). The number of rotatable bonds is 2. The zero-order chi connectivity index (χ0) is 12.0. The van der Waals surface area contributed by atoms with Crippen molar-refractivity contribution >= 4 is 0 Å². The zero-order valence-electron chi connectivity index (χ0n) is 12.0. The van der Waals surface area contributed by atoms with Gasteiger partial charge in [0.2, 0.25) is 0 Å². The van der Waals surface area contributed by atoms with Crippen LogP contribution in [0.3, 0.4) is 0 Å². The Morgan fingerprint density at radius 3 is 2.06 bits per heavy atom. The van der Waals surface area contributed by atoms with E-state index in [9.17, 15) is 0 Å². The van der Waals surface area contributed by atoms with Crippen LogP contribution in [0.4, 0.5) is 0 Å². The van der Waals surface area contributed by atoms with Gasteiger partial charge in [-0.05, 0) is 74.0 Å². The lowest BCUT2D eigenvalue weighted by Gasteiger charge is -2.54. The predicted molar refractivity (Wildman–Crippen MR) is 76.4 cm³/mol. The molecule has 0 spiro atoms. The van der Waals surface area contributed by atoms with Crippen LogP contribution in [-0.2, 0) is 0 Å². The van der Waals surface area contributed by atoms with E-state index < -0.39 is 0 Å². The second-order valence-corrected chi connectivity index (χ2v) is 7.96. The third kappa shape index (κ3) is 1.63. The Balaban J connectivity index is 1.56. The molecule has 0 amide bonds. The van der Waals surface area contributed by atoms with Crippen LogP contribution in [0.5, 0.6) is 0 Å². The van der Waals surface area contributed by atoms with E-state index in [2.05, 4.69) is 0 Å². The second-order valence-electron chi connectivity index (χ2n) is 7.96. The summed E-state index contributed by atoms with van der Waals surface area (Å²) in [5, 5.41) is 0. The Morgan fingerprint density at radius 1 is 0.611 bits per heavy atom. The third-order valence-electron chi connectivity index (χ3n) is 7.52. The minimum absolute atomic E-state index is 0.868. The van der Waals surface area contributed by atoms with Crippen LogP contribution in [0.25, 0.3) is 0 Å². The molecule has 0 aromatic carbocycles. The van der Waals surface area contributed by atoms with Crippen molar-refractivity contribution in [3.63, 3.8) is 0 Å². The summed E-state index contributed by atoms with van der Waals surface area (Å²) in [6.45, 7) is 0. The van der Waals surface area contributed by atoms with Gasteiger partial charge < -0.3 is 0 Å². The van der Waals surface area contributed by atoms with Crippen LogP contribution in [0, 0.1) is 29.1 Å². The molecule has 3 unspecified atom stereocenters. The molecule has 102 valence electrons. The average Bonchev–Trinajstić information content (AvgIpc) is 2.98. The maximum Gasteiger partial charge on any atom is -0.0238 e. The van der Waals surface area contributed by atoms with Gasteiger partial charge in [0.25, 0.3) is 0 Å². The summed E-state index contributed by atoms with van der Waals surface area (Å²) >= 11 is 0. The van der Waals surface area contributed by atoms with Crippen LogP contribution < -0.4 is 0 Å². The molecule has 4 saturated carbocycles. The van der Waals surface area contributed by atoms with Crippen molar-refractivity contribution in [3.05, 3.63) is 0 Å². The Kier molecular flexibility index (Phi) is 2.97. The smallest absolute Gasteiger partial charge is 0.0238 e. The standard InChI is InChI=1S/C18H30/c1-4-9-16-14(6-1)10-11-17(16)18(12-5-13-18)15-7-2-3-8-15/h14-17H,1-13H2. The van der Waals surface area contributed by atoms with Crippen molar-refractivity contribution in [2.24, 2.45) is 29.1 Å². The van der Waals surface area contributed by atoms with Crippen LogP contribution in [0.2, 0.25) is 0 Å². The van der Waals surface area contributed by atoms with Crippen LogP contribution in [-0.4, -0.2) is 0 Å². The van der Waals surface area contributed by atoms with E-state index in [1.54, 1.807) is 83.5 Å². The molecule has 4 aliphatic rings. The van der Waals surface area contributed by atoms with Crippen LogP contribution in [0.15, 0.2) is 0 Å². The molecule has 18 heavy (non-hydrogen) atoms. The zero-order valence-corrected chi connectivity index (χ0v) is 12.0. The van der Waals surface area contributed by atoms with E-state index in [1.807, 2.05) is 0 Å². The summed E-state index contributed by atoms with van der Waals surface area (Å²) in [7, 11) is 0. The van der Waals surface area contributed by atoms with Gasteiger partial charge in [-0.1, -0.05) is 38.5 Å². The normalized spacial score (nSPS) is 43.7. The largest absolute Gasteiger partial charge is 0.0530 e. The molecule has 0 nitrogen and oxygen atoms in total. The van der Waals surface area contributed by atoms with Gasteiger partial charge in [-0.15, -0.1) is 0 Å². The molecule has 0 aromatic rings. The lowest BCUT2D eigenvalue weighted by Crippen LogP contribution is -2.45. The highest BCUT2D eigenvalue weighted by molar-refractivity contribution is 5.04. The van der Waals surface area contributed by atoms with Gasteiger partial charge in [-0.3, -0.25) is 0 Å². The van der Waals surface area contributed by atoms with Crippen LogP contribution >= 0.6 is 0 Å². The van der Waals surface area contributed by atoms with E-state index >= 15 is 0 Å². The first-order valence-corrected chi connectivity index (χ1v) is 8.90. The highest BCUT2D eigenvalue weighted by Gasteiger charge is 2.55. The first-order valence-electron chi connectivity index (χ1n) is 8.90. The van der Waals surface area contributed by atoms with Gasteiger partial charge in [-0.25, -0.2) is 0 Å². The highest BCUT2D eigenvalue weighted by atomic mass is 14.6. The van der Waals surface area contributed by atoms with Crippen molar-refractivity contribution in [2.45, 2.75) is 83.5 Å². The Morgan fingerprint density at radius 2 is 1.33 bits per heavy atom. The number of hydrogen-bond donors (Lipinski definition) is 0. The van der Waals surface area contributed by atoms with Gasteiger partial charge >= 0.3 is 0 Å². The highest BCUT2D eigenvalue weighted by Crippen LogP contribution is 2.64. The van der Waals surface area contributed by atoms with E-state index in [0.29, 0.717) is 0 Å². The molecule has 3 atom stereocenters. The molecule has 4 aliphatic carbocycles. The molecule has 0 aromatic heterocycles. The Labute approximate surface area is 113 Å². The van der Waals surface area contributed by atoms with Crippen molar-refractivity contribution in [2.75, 3.05) is 0 Å². The minimum Gasteiger partial charge on any atom is -0.0530 e. The molecule has 0 aliphatic heterocycles. The summed E-state index contributed by atoms with van der Waals surface area (Å²) < 4.78 is 0. The molecule has 0 N–H and O–H groups in total. The van der Waals surface area contributed by atoms with Gasteiger partial charge in [0, 0.05) is 0 Å². The average molecular weight is 246 g/mol. The molecule has 0 radical (unpaired) electrons. The number of fused-ring (bicyclic) bond motifs is 1. The van der Waals surface area contributed by atoms with Crippen molar-refractivity contribution in [3.8, 4) is 0 Å². The summed E-state index contributed by atoms with van der Waals surface area (Å²) in [5.41, 5.74) is 0.868. The fraction of sp³-hybridized carbons (Fsp3) is 1.00. The lowest BCUT2D eigenvalue weighted by atomic mass is 9.51. The molecular formula is C18H30.